The molecule has 0 atom stereocenters. The summed E-state index contributed by atoms with van der Waals surface area (Å²) >= 11 is 0. The van der Waals surface area contributed by atoms with Crippen LogP contribution in [0.1, 0.15) is 19.8 Å². The molecule has 0 bridgehead atoms. The van der Waals surface area contributed by atoms with Gasteiger partial charge in [-0.15, -0.1) is 0 Å². The van der Waals surface area contributed by atoms with Crippen LogP contribution in [0.2, 0.25) is 6.32 Å². The summed E-state index contributed by atoms with van der Waals surface area (Å²) in [6.07, 6.45) is 1.62. The van der Waals surface area contributed by atoms with E-state index in [0.717, 1.165) is 6.42 Å². The Balaban J connectivity index is 0. The minimum absolute atomic E-state index is 0. The zero-order chi connectivity index (χ0) is 6.62. The fraction of sp³-hybridized carbons (Fsp3) is 1.00. The van der Waals surface area contributed by atoms with Gasteiger partial charge in [0.2, 0.25) is 0 Å². The number of hydrogen-bond acceptors (Lipinski definition) is 3. The van der Waals surface area contributed by atoms with Crippen molar-refractivity contribution in [1.29, 1.82) is 0 Å². The summed E-state index contributed by atoms with van der Waals surface area (Å²) in [6.45, 7) is -1.08. The molecule has 5 heteroatoms. The third kappa shape index (κ3) is 12.2. The van der Waals surface area contributed by atoms with Gasteiger partial charge in [-0.3, -0.25) is 0 Å². The van der Waals surface area contributed by atoms with Gasteiger partial charge in [0.05, 0.1) is 0 Å². The van der Waals surface area contributed by atoms with Gasteiger partial charge in [-0.05, 0) is 0 Å². The van der Waals surface area contributed by atoms with Crippen LogP contribution in [-0.4, -0.2) is 21.8 Å². The standard InChI is InChI=1S/C4H12BO3.Na/c1-2-3-4-5(6,7)8;/h6-8H,2-4H2,1H3;/q-1;+1. The monoisotopic (exact) mass is 142 g/mol. The van der Waals surface area contributed by atoms with E-state index in [2.05, 4.69) is 0 Å². The summed E-state index contributed by atoms with van der Waals surface area (Å²) in [5, 5.41) is 25.0. The molecule has 3 nitrogen and oxygen atoms in total. The average Bonchev–Trinajstić information content (AvgIpc) is 1.59. The van der Waals surface area contributed by atoms with Crippen molar-refractivity contribution >= 4 is 6.75 Å². The molecule has 0 amide bonds. The SMILES string of the molecule is CCCC[B-](O)(O)O.[Na+]. The van der Waals surface area contributed by atoms with Crippen LogP contribution in [0.15, 0.2) is 0 Å². The molecule has 0 aromatic carbocycles. The van der Waals surface area contributed by atoms with Gasteiger partial charge in [-0.2, -0.15) is 0 Å². The van der Waals surface area contributed by atoms with Gasteiger partial charge in [0.15, 0.2) is 0 Å². The quantitative estimate of drug-likeness (QED) is 0.362. The normalized spacial score (nSPS) is 10.7. The summed E-state index contributed by atoms with van der Waals surface area (Å²) in [4.78, 5) is 0. The molecule has 0 aromatic rings. The second kappa shape index (κ2) is 5.71. The molecule has 3 N–H and O–H groups in total. The predicted octanol–water partition coefficient (Wildman–Crippen LogP) is -3.29. The van der Waals surface area contributed by atoms with Gasteiger partial charge in [0.1, 0.15) is 0 Å². The van der Waals surface area contributed by atoms with Crippen molar-refractivity contribution in [3.63, 3.8) is 0 Å². The molecular formula is C4H12BNaO3. The first-order valence-electron chi connectivity index (χ1n) is 2.89. The topological polar surface area (TPSA) is 60.7 Å². The summed E-state index contributed by atoms with van der Waals surface area (Å²) in [5.74, 6) is 0. The second-order valence-electron chi connectivity index (χ2n) is 2.04. The third-order valence-corrected chi connectivity index (χ3v) is 0.945. The Morgan fingerprint density at radius 1 is 1.22 bits per heavy atom. The molecular weight excluding hydrogens is 130 g/mol. The van der Waals surface area contributed by atoms with Crippen LogP contribution in [0, 0.1) is 0 Å². The first-order chi connectivity index (χ1) is 3.56. The maximum atomic E-state index is 8.32. The molecule has 50 valence electrons. The Morgan fingerprint density at radius 3 is 1.78 bits per heavy atom. The van der Waals surface area contributed by atoms with E-state index < -0.39 is 6.75 Å². The smallest absolute Gasteiger partial charge is 0.560 e. The van der Waals surface area contributed by atoms with E-state index in [1.165, 1.54) is 0 Å². The van der Waals surface area contributed by atoms with E-state index in [4.69, 9.17) is 15.1 Å². The third-order valence-electron chi connectivity index (χ3n) is 0.945. The summed E-state index contributed by atoms with van der Waals surface area (Å²) in [5.41, 5.74) is 0. The van der Waals surface area contributed by atoms with E-state index in [1.54, 1.807) is 0 Å². The summed E-state index contributed by atoms with van der Waals surface area (Å²) in [6, 6.07) is 0. The molecule has 0 radical (unpaired) electrons. The van der Waals surface area contributed by atoms with Crippen LogP contribution < -0.4 is 29.6 Å². The van der Waals surface area contributed by atoms with E-state index in [9.17, 15) is 0 Å². The Hall–Kier alpha value is 0.945. The molecule has 9 heavy (non-hydrogen) atoms. The minimum Gasteiger partial charge on any atom is -0.560 e. The van der Waals surface area contributed by atoms with Crippen LogP contribution in [-0.2, 0) is 0 Å². The molecule has 0 heterocycles. The Morgan fingerprint density at radius 2 is 1.67 bits per heavy atom. The maximum Gasteiger partial charge on any atom is 1.00 e. The van der Waals surface area contributed by atoms with Gasteiger partial charge >= 0.3 is 36.3 Å². The first-order valence-corrected chi connectivity index (χ1v) is 2.89. The van der Waals surface area contributed by atoms with Crippen LogP contribution in [0.5, 0.6) is 0 Å². The van der Waals surface area contributed by atoms with Gasteiger partial charge in [0, 0.05) is 0 Å². The van der Waals surface area contributed by atoms with E-state index >= 15 is 0 Å². The van der Waals surface area contributed by atoms with Gasteiger partial charge in [0.25, 0.3) is 0 Å². The zero-order valence-corrected chi connectivity index (χ0v) is 8.04. The van der Waals surface area contributed by atoms with Crippen molar-refractivity contribution in [3.05, 3.63) is 0 Å². The number of rotatable bonds is 3. The molecule has 0 spiro atoms. The van der Waals surface area contributed by atoms with Crippen molar-refractivity contribution in [2.75, 3.05) is 0 Å². The van der Waals surface area contributed by atoms with Crippen molar-refractivity contribution < 1.29 is 44.6 Å². The van der Waals surface area contributed by atoms with Crippen LogP contribution in [0.4, 0.5) is 0 Å². The van der Waals surface area contributed by atoms with E-state index in [-0.39, 0.29) is 35.9 Å². The first kappa shape index (κ1) is 12.6. The largest absolute Gasteiger partial charge is 1.00 e. The number of unbranched alkanes of at least 4 members (excludes halogenated alkanes) is 1. The average molecular weight is 142 g/mol. The van der Waals surface area contributed by atoms with Crippen LogP contribution in [0.25, 0.3) is 0 Å². The molecule has 0 aliphatic heterocycles. The molecule has 0 rings (SSSR count). The summed E-state index contributed by atoms with van der Waals surface area (Å²) < 4.78 is 0. The van der Waals surface area contributed by atoms with Gasteiger partial charge < -0.3 is 15.1 Å². The number of hydrogen-bond donors (Lipinski definition) is 3. The Kier molecular flexibility index (Phi) is 8.00. The van der Waals surface area contributed by atoms with E-state index in [0.29, 0.717) is 6.42 Å². The van der Waals surface area contributed by atoms with Gasteiger partial charge in [-0.1, -0.05) is 26.1 Å². The molecule has 0 fully saturated rings. The van der Waals surface area contributed by atoms with Crippen molar-refractivity contribution in [2.45, 2.75) is 26.1 Å². The van der Waals surface area contributed by atoms with Gasteiger partial charge in [-0.25, -0.2) is 0 Å². The minimum atomic E-state index is -3.00. The second-order valence-corrected chi connectivity index (χ2v) is 2.04. The van der Waals surface area contributed by atoms with Crippen molar-refractivity contribution in [2.24, 2.45) is 0 Å². The van der Waals surface area contributed by atoms with Crippen molar-refractivity contribution in [1.82, 2.24) is 0 Å². The fourth-order valence-corrected chi connectivity index (χ4v) is 0.478. The van der Waals surface area contributed by atoms with E-state index in [1.807, 2.05) is 6.92 Å². The molecule has 0 aromatic heterocycles. The van der Waals surface area contributed by atoms with Crippen LogP contribution in [0.3, 0.4) is 0 Å². The predicted molar refractivity (Wildman–Crippen MR) is 32.1 cm³/mol. The van der Waals surface area contributed by atoms with Crippen LogP contribution >= 0.6 is 0 Å². The Labute approximate surface area is 77.4 Å². The molecule has 0 saturated heterocycles. The summed E-state index contributed by atoms with van der Waals surface area (Å²) in [7, 11) is 0. The Bertz CT molecular complexity index is 63.3. The molecule has 0 aliphatic carbocycles. The molecule has 0 aliphatic rings. The van der Waals surface area contributed by atoms with Crippen molar-refractivity contribution in [3.8, 4) is 0 Å². The molecule has 0 unspecified atom stereocenters. The fourth-order valence-electron chi connectivity index (χ4n) is 0.478. The zero-order valence-electron chi connectivity index (χ0n) is 6.04. The molecule has 0 saturated carbocycles. The maximum absolute atomic E-state index is 8.32.